The molecule has 0 aliphatic rings. The molecule has 0 aliphatic heterocycles. The van der Waals surface area contributed by atoms with Gasteiger partial charge in [-0.3, -0.25) is 0 Å². The summed E-state index contributed by atoms with van der Waals surface area (Å²) in [7, 11) is 0. The average Bonchev–Trinajstić information content (AvgIpc) is 2.28. The third-order valence-electron chi connectivity index (χ3n) is 2.65. The molecule has 94 valence electrons. The lowest BCUT2D eigenvalue weighted by molar-refractivity contribution is -0.132. The van der Waals surface area contributed by atoms with Gasteiger partial charge >= 0.3 is 5.97 Å². The Hall–Kier alpha value is -0.870. The highest BCUT2D eigenvalue weighted by Crippen LogP contribution is 1.98. The summed E-state index contributed by atoms with van der Waals surface area (Å²) in [5.41, 5.74) is 0.482. The lowest BCUT2D eigenvalue weighted by atomic mass is 10.2. The number of aliphatic carboxylic acids is 1. The maximum absolute atomic E-state index is 10.7. The maximum atomic E-state index is 10.7. The standard InChI is InChI=1S/C12H24N2O2/c1-4-11(12(15)16)7-8-13-9-10-14(5-2)6-3/h7,13H,4-6,8-10H2,1-3H3,(H,15,16)/b11-7-. The lowest BCUT2D eigenvalue weighted by Gasteiger charge is -2.17. The molecule has 0 saturated heterocycles. The van der Waals surface area contributed by atoms with Crippen LogP contribution in [-0.2, 0) is 4.79 Å². The molecule has 0 heterocycles. The van der Waals surface area contributed by atoms with Crippen LogP contribution in [0.5, 0.6) is 0 Å². The third-order valence-corrected chi connectivity index (χ3v) is 2.65. The first-order valence-corrected chi connectivity index (χ1v) is 6.01. The molecule has 0 rings (SSSR count). The van der Waals surface area contributed by atoms with Gasteiger partial charge in [0, 0.05) is 25.2 Å². The minimum atomic E-state index is -0.812. The van der Waals surface area contributed by atoms with Gasteiger partial charge in [0.15, 0.2) is 0 Å². The van der Waals surface area contributed by atoms with Crippen LogP contribution < -0.4 is 5.32 Å². The molecule has 0 amide bonds. The van der Waals surface area contributed by atoms with Crippen molar-refractivity contribution >= 4 is 5.97 Å². The number of carboxylic acid groups (broad SMARTS) is 1. The highest BCUT2D eigenvalue weighted by atomic mass is 16.4. The van der Waals surface area contributed by atoms with Crippen LogP contribution >= 0.6 is 0 Å². The number of hydrogen-bond donors (Lipinski definition) is 2. The van der Waals surface area contributed by atoms with Gasteiger partial charge in [-0.05, 0) is 19.5 Å². The van der Waals surface area contributed by atoms with E-state index in [1.54, 1.807) is 6.08 Å². The van der Waals surface area contributed by atoms with Gasteiger partial charge in [-0.1, -0.05) is 26.8 Å². The largest absolute Gasteiger partial charge is 0.478 e. The molecule has 0 radical (unpaired) electrons. The van der Waals surface area contributed by atoms with Gasteiger partial charge in [0.1, 0.15) is 0 Å². The van der Waals surface area contributed by atoms with E-state index >= 15 is 0 Å². The van der Waals surface area contributed by atoms with E-state index in [9.17, 15) is 4.79 Å². The number of nitrogens with one attached hydrogen (secondary N) is 1. The molecule has 2 N–H and O–H groups in total. The molecular weight excluding hydrogens is 204 g/mol. The molecule has 0 atom stereocenters. The van der Waals surface area contributed by atoms with Crippen LogP contribution in [0.25, 0.3) is 0 Å². The molecule has 0 aromatic heterocycles. The summed E-state index contributed by atoms with van der Waals surface area (Å²) in [6.07, 6.45) is 2.33. The van der Waals surface area contributed by atoms with E-state index in [1.807, 2.05) is 6.92 Å². The first-order valence-electron chi connectivity index (χ1n) is 6.01. The summed E-state index contributed by atoms with van der Waals surface area (Å²) in [6.45, 7) is 10.8. The number of likely N-dealkylation sites (N-methyl/N-ethyl adjacent to an activating group) is 1. The normalized spacial score (nSPS) is 12.1. The van der Waals surface area contributed by atoms with Crippen LogP contribution in [0.3, 0.4) is 0 Å². The predicted molar refractivity (Wildman–Crippen MR) is 66.7 cm³/mol. The number of hydrogen-bond acceptors (Lipinski definition) is 3. The van der Waals surface area contributed by atoms with Crippen molar-refractivity contribution < 1.29 is 9.90 Å². The average molecular weight is 228 g/mol. The van der Waals surface area contributed by atoms with Crippen molar-refractivity contribution in [1.82, 2.24) is 10.2 Å². The lowest BCUT2D eigenvalue weighted by Crippen LogP contribution is -2.32. The van der Waals surface area contributed by atoms with E-state index in [4.69, 9.17) is 5.11 Å². The van der Waals surface area contributed by atoms with Gasteiger partial charge in [-0.2, -0.15) is 0 Å². The molecular formula is C12H24N2O2. The van der Waals surface area contributed by atoms with Crippen molar-refractivity contribution in [2.24, 2.45) is 0 Å². The van der Waals surface area contributed by atoms with E-state index in [2.05, 4.69) is 24.1 Å². The van der Waals surface area contributed by atoms with E-state index in [0.717, 1.165) is 26.2 Å². The number of carbonyl (C=O) groups is 1. The predicted octanol–water partition coefficient (Wildman–Crippen LogP) is 1.34. The van der Waals surface area contributed by atoms with Gasteiger partial charge in [0.2, 0.25) is 0 Å². The van der Waals surface area contributed by atoms with Crippen molar-refractivity contribution in [2.75, 3.05) is 32.7 Å². The second-order valence-electron chi connectivity index (χ2n) is 3.62. The fourth-order valence-corrected chi connectivity index (χ4v) is 1.46. The Bertz CT molecular complexity index is 223. The molecule has 0 fully saturated rings. The molecule has 0 aromatic rings. The minimum absolute atomic E-state index is 0.482. The molecule has 0 saturated carbocycles. The molecule has 0 unspecified atom stereocenters. The quantitative estimate of drug-likeness (QED) is 0.462. The van der Waals surface area contributed by atoms with Crippen LogP contribution in [0.2, 0.25) is 0 Å². The Morgan fingerprint density at radius 2 is 1.94 bits per heavy atom. The molecule has 0 aliphatic carbocycles. The Labute approximate surface area is 98.3 Å². The Balaban J connectivity index is 3.70. The van der Waals surface area contributed by atoms with E-state index < -0.39 is 5.97 Å². The topological polar surface area (TPSA) is 52.6 Å². The monoisotopic (exact) mass is 228 g/mol. The summed E-state index contributed by atoms with van der Waals surface area (Å²) in [5, 5.41) is 12.0. The second-order valence-corrected chi connectivity index (χ2v) is 3.62. The fraction of sp³-hybridized carbons (Fsp3) is 0.750. The Morgan fingerprint density at radius 1 is 1.31 bits per heavy atom. The SMILES string of the molecule is CC/C(=C/CNCCN(CC)CC)C(=O)O. The van der Waals surface area contributed by atoms with Crippen molar-refractivity contribution in [3.63, 3.8) is 0 Å². The third kappa shape index (κ3) is 6.58. The molecule has 4 heteroatoms. The van der Waals surface area contributed by atoms with E-state index in [-0.39, 0.29) is 0 Å². The van der Waals surface area contributed by atoms with Crippen molar-refractivity contribution in [3.05, 3.63) is 11.6 Å². The molecule has 0 aromatic carbocycles. The first kappa shape index (κ1) is 15.1. The van der Waals surface area contributed by atoms with Crippen LogP contribution in [0, 0.1) is 0 Å². The minimum Gasteiger partial charge on any atom is -0.478 e. The smallest absolute Gasteiger partial charge is 0.331 e. The summed E-state index contributed by atoms with van der Waals surface area (Å²) in [6, 6.07) is 0. The summed E-state index contributed by atoms with van der Waals surface area (Å²) in [4.78, 5) is 13.0. The summed E-state index contributed by atoms with van der Waals surface area (Å²) >= 11 is 0. The van der Waals surface area contributed by atoms with Crippen LogP contribution in [0.1, 0.15) is 27.2 Å². The number of carboxylic acids is 1. The van der Waals surface area contributed by atoms with Crippen LogP contribution in [-0.4, -0.2) is 48.7 Å². The van der Waals surface area contributed by atoms with Gasteiger partial charge in [-0.15, -0.1) is 0 Å². The van der Waals surface area contributed by atoms with Gasteiger partial charge < -0.3 is 15.3 Å². The van der Waals surface area contributed by atoms with Crippen molar-refractivity contribution in [2.45, 2.75) is 27.2 Å². The van der Waals surface area contributed by atoms with Gasteiger partial charge in [0.25, 0.3) is 0 Å². The Kier molecular flexibility index (Phi) is 8.85. The zero-order valence-electron chi connectivity index (χ0n) is 10.6. The summed E-state index contributed by atoms with van der Waals surface area (Å²) in [5.74, 6) is -0.812. The van der Waals surface area contributed by atoms with Crippen molar-refractivity contribution in [3.8, 4) is 0 Å². The van der Waals surface area contributed by atoms with Crippen molar-refractivity contribution in [1.29, 1.82) is 0 Å². The zero-order valence-corrected chi connectivity index (χ0v) is 10.6. The van der Waals surface area contributed by atoms with Crippen LogP contribution in [0.15, 0.2) is 11.6 Å². The zero-order chi connectivity index (χ0) is 12.4. The Morgan fingerprint density at radius 3 is 2.38 bits per heavy atom. The highest BCUT2D eigenvalue weighted by molar-refractivity contribution is 5.86. The first-order chi connectivity index (χ1) is 7.65. The van der Waals surface area contributed by atoms with E-state index in [0.29, 0.717) is 18.5 Å². The van der Waals surface area contributed by atoms with Crippen LogP contribution in [0.4, 0.5) is 0 Å². The summed E-state index contributed by atoms with van der Waals surface area (Å²) < 4.78 is 0. The highest BCUT2D eigenvalue weighted by Gasteiger charge is 2.02. The number of nitrogens with zero attached hydrogens (tertiary/aromatic N) is 1. The second kappa shape index (κ2) is 9.36. The fourth-order valence-electron chi connectivity index (χ4n) is 1.46. The van der Waals surface area contributed by atoms with Gasteiger partial charge in [-0.25, -0.2) is 4.79 Å². The molecule has 0 bridgehead atoms. The van der Waals surface area contributed by atoms with Gasteiger partial charge in [0.05, 0.1) is 0 Å². The number of rotatable bonds is 9. The molecule has 0 spiro atoms. The maximum Gasteiger partial charge on any atom is 0.331 e. The molecule has 16 heavy (non-hydrogen) atoms. The molecule has 4 nitrogen and oxygen atoms in total. The van der Waals surface area contributed by atoms with E-state index in [1.165, 1.54) is 0 Å².